The molecule has 10 heteroatoms. The highest BCUT2D eigenvalue weighted by atomic mass is 16.3. The molecule has 6 aliphatic rings. The number of phenols is 1. The lowest BCUT2D eigenvalue weighted by Crippen LogP contribution is -2.51. The molecule has 3 fully saturated rings. The van der Waals surface area contributed by atoms with Gasteiger partial charge in [-0.25, -0.2) is 0 Å². The number of piperidine rings is 3. The van der Waals surface area contributed by atoms with Crippen LogP contribution in [0.4, 0.5) is 5.69 Å². The minimum atomic E-state index is -0.803. The van der Waals surface area contributed by atoms with Crippen molar-refractivity contribution < 1.29 is 24.3 Å². The third kappa shape index (κ3) is 7.08. The molecule has 4 aromatic carbocycles. The molecule has 4 aromatic rings. The second kappa shape index (κ2) is 15.7. The number of likely N-dealkylation sites (tertiary alicyclic amines) is 1. The van der Waals surface area contributed by atoms with Crippen molar-refractivity contribution in [2.45, 2.75) is 82.3 Å². The zero-order valence-electron chi connectivity index (χ0n) is 34.2. The lowest BCUT2D eigenvalue weighted by Gasteiger charge is -2.39. The number of fused-ring (bicyclic) bond motifs is 3. The predicted octanol–water partition coefficient (Wildman–Crippen LogP) is 7.11. The van der Waals surface area contributed by atoms with Crippen LogP contribution in [-0.2, 0) is 29.1 Å². The number of benzene rings is 4. The van der Waals surface area contributed by atoms with E-state index in [2.05, 4.69) is 87.3 Å². The van der Waals surface area contributed by atoms with Crippen LogP contribution < -0.4 is 10.2 Å². The van der Waals surface area contributed by atoms with E-state index in [9.17, 15) is 24.3 Å². The first-order valence-corrected chi connectivity index (χ1v) is 21.9. The predicted molar refractivity (Wildman–Crippen MR) is 229 cm³/mol. The normalized spacial score (nSPS) is 23.7. The summed E-state index contributed by atoms with van der Waals surface area (Å²) < 4.78 is 0. The molecule has 2 N–H and O–H groups in total. The topological polar surface area (TPSA) is 114 Å². The van der Waals surface area contributed by atoms with Crippen LogP contribution in [0.5, 0.6) is 5.75 Å². The zero-order valence-corrected chi connectivity index (χ0v) is 34.2. The van der Waals surface area contributed by atoms with Crippen LogP contribution in [0, 0.1) is 11.8 Å². The minimum absolute atomic E-state index is 0.0576. The number of aromatic hydroxyl groups is 1. The fourth-order valence-electron chi connectivity index (χ4n) is 11.2. The number of nitrogens with one attached hydrogen (secondary N) is 1. The number of carbonyl (C=O) groups excluding carboxylic acids is 4. The van der Waals surface area contributed by atoms with Gasteiger partial charge in [0.2, 0.25) is 11.8 Å². The van der Waals surface area contributed by atoms with Crippen molar-refractivity contribution in [1.29, 1.82) is 0 Å². The van der Waals surface area contributed by atoms with E-state index >= 15 is 0 Å². The van der Waals surface area contributed by atoms with Crippen molar-refractivity contribution in [2.24, 2.45) is 11.8 Å². The third-order valence-electron chi connectivity index (χ3n) is 14.4. The minimum Gasteiger partial charge on any atom is -0.508 e. The summed E-state index contributed by atoms with van der Waals surface area (Å²) in [5.41, 5.74) is 9.95. The van der Waals surface area contributed by atoms with E-state index in [-0.39, 0.29) is 29.6 Å². The van der Waals surface area contributed by atoms with Crippen LogP contribution >= 0.6 is 0 Å². The van der Waals surface area contributed by atoms with Crippen LogP contribution in [0.2, 0.25) is 0 Å². The van der Waals surface area contributed by atoms with Crippen molar-refractivity contribution in [3.8, 4) is 5.75 Å². The maximum absolute atomic E-state index is 13.8. The SMILES string of the molecule is C=C1CCC(N2C(=O)c3cc4c(cc3C2=O)CN(CC2CCN(C(=O)C3CCN(c5ccc(C6c7ccc(O)cc7CCC6c6ccccc6)cc5)CC3)CC2)C4)C(=O)N1. The number of phenolic OH excluding ortho intramolecular Hbond substituents is 1. The van der Waals surface area contributed by atoms with Gasteiger partial charge in [-0.05, 0) is 133 Å². The van der Waals surface area contributed by atoms with Gasteiger partial charge in [-0.15, -0.1) is 0 Å². The number of carbonyl (C=O) groups is 4. The number of aryl methyl sites for hydroxylation is 1. The van der Waals surface area contributed by atoms with E-state index in [1.165, 1.54) is 27.9 Å². The highest BCUT2D eigenvalue weighted by molar-refractivity contribution is 6.23. The molecule has 308 valence electrons. The number of nitrogens with zero attached hydrogens (tertiary/aromatic N) is 4. The van der Waals surface area contributed by atoms with Gasteiger partial charge in [0.15, 0.2) is 0 Å². The molecule has 4 amide bonds. The second-order valence-corrected chi connectivity index (χ2v) is 18.0. The molecule has 0 spiro atoms. The molecule has 5 heterocycles. The Morgan fingerprint density at radius 3 is 2.07 bits per heavy atom. The summed E-state index contributed by atoms with van der Waals surface area (Å²) in [7, 11) is 0. The van der Waals surface area contributed by atoms with Gasteiger partial charge in [0.1, 0.15) is 11.8 Å². The van der Waals surface area contributed by atoms with Crippen LogP contribution in [0.25, 0.3) is 0 Å². The lowest BCUT2D eigenvalue weighted by atomic mass is 9.69. The van der Waals surface area contributed by atoms with Gasteiger partial charge in [0, 0.05) is 69.0 Å². The fraction of sp³-hybridized carbons (Fsp3) is 0.400. The molecular formula is C50H53N5O5. The second-order valence-electron chi connectivity index (χ2n) is 18.0. The van der Waals surface area contributed by atoms with Gasteiger partial charge < -0.3 is 20.2 Å². The molecule has 3 unspecified atom stereocenters. The molecule has 10 rings (SSSR count). The summed E-state index contributed by atoms with van der Waals surface area (Å²) in [5, 5.41) is 12.9. The van der Waals surface area contributed by atoms with Crippen LogP contribution in [0.3, 0.4) is 0 Å². The molecule has 0 aromatic heterocycles. The molecule has 60 heavy (non-hydrogen) atoms. The van der Waals surface area contributed by atoms with Crippen LogP contribution in [0.1, 0.15) is 111 Å². The molecule has 0 radical (unpaired) electrons. The Morgan fingerprint density at radius 1 is 0.717 bits per heavy atom. The van der Waals surface area contributed by atoms with E-state index in [1.807, 2.05) is 24.3 Å². The summed E-state index contributed by atoms with van der Waals surface area (Å²) in [5.74, 6) is 0.644. The van der Waals surface area contributed by atoms with Crippen molar-refractivity contribution >= 4 is 29.3 Å². The first-order chi connectivity index (χ1) is 29.2. The van der Waals surface area contributed by atoms with Gasteiger partial charge in [0.05, 0.1) is 11.1 Å². The first-order valence-electron chi connectivity index (χ1n) is 21.9. The Hall–Kier alpha value is -5.74. The Labute approximate surface area is 351 Å². The first kappa shape index (κ1) is 38.5. The summed E-state index contributed by atoms with van der Waals surface area (Å²) in [4.78, 5) is 61.3. The number of hydrogen-bond acceptors (Lipinski definition) is 7. The Morgan fingerprint density at radius 2 is 1.40 bits per heavy atom. The molecule has 3 saturated heterocycles. The van der Waals surface area contributed by atoms with Crippen molar-refractivity contribution in [2.75, 3.05) is 37.6 Å². The Kier molecular flexibility index (Phi) is 10.1. The Bertz CT molecular complexity index is 2320. The van der Waals surface area contributed by atoms with Crippen LogP contribution in [-0.4, -0.2) is 82.2 Å². The zero-order chi connectivity index (χ0) is 41.1. The summed E-state index contributed by atoms with van der Waals surface area (Å²) in [6.07, 6.45) is 6.59. The number of anilines is 1. The largest absolute Gasteiger partial charge is 0.508 e. The number of amides is 4. The standard InChI is InChI=1S/C50H53N5O5/c1-31-7-16-45(47(57)51-31)55-49(59)43-26-37-29-52(30-38(37)27-44(43)50(55)60)28-32-17-21-54(22-18-32)48(58)35-19-23-53(24-20-35)39-11-8-34(9-12-39)46-41(33-5-3-2-4-6-33)14-10-36-25-40(56)13-15-42(36)46/h2-6,8-9,11-13,15,25-27,32,35,41,45-46,56H,1,7,10,14,16-24,28-30H2,(H,51,57). The van der Waals surface area contributed by atoms with E-state index in [0.717, 1.165) is 100 Å². The summed E-state index contributed by atoms with van der Waals surface area (Å²) in [6, 6.07) is 28.7. The Balaban J connectivity index is 0.710. The number of allylic oxidation sites excluding steroid dienone is 1. The smallest absolute Gasteiger partial charge is 0.262 e. The molecule has 3 atom stereocenters. The average molecular weight is 804 g/mol. The van der Waals surface area contributed by atoms with E-state index in [0.29, 0.717) is 53.2 Å². The fourth-order valence-corrected chi connectivity index (χ4v) is 11.2. The molecular weight excluding hydrogens is 751 g/mol. The monoisotopic (exact) mass is 803 g/mol. The number of imide groups is 1. The maximum atomic E-state index is 13.8. The van der Waals surface area contributed by atoms with Gasteiger partial charge in [-0.2, -0.15) is 0 Å². The quantitative estimate of drug-likeness (QED) is 0.192. The highest BCUT2D eigenvalue weighted by Gasteiger charge is 2.45. The van der Waals surface area contributed by atoms with Gasteiger partial charge in [-0.1, -0.05) is 55.1 Å². The van der Waals surface area contributed by atoms with Gasteiger partial charge in [-0.3, -0.25) is 29.0 Å². The maximum Gasteiger partial charge on any atom is 0.262 e. The molecule has 1 aliphatic carbocycles. The van der Waals surface area contributed by atoms with Crippen molar-refractivity contribution in [3.05, 3.63) is 142 Å². The van der Waals surface area contributed by atoms with Crippen LogP contribution in [0.15, 0.2) is 97.2 Å². The van der Waals surface area contributed by atoms with Gasteiger partial charge in [0.25, 0.3) is 11.8 Å². The number of rotatable bonds is 7. The van der Waals surface area contributed by atoms with E-state index in [1.54, 1.807) is 0 Å². The third-order valence-corrected chi connectivity index (χ3v) is 14.4. The summed E-state index contributed by atoms with van der Waals surface area (Å²) >= 11 is 0. The molecule has 0 saturated carbocycles. The molecule has 10 nitrogen and oxygen atoms in total. The van der Waals surface area contributed by atoms with Crippen molar-refractivity contribution in [3.63, 3.8) is 0 Å². The summed E-state index contributed by atoms with van der Waals surface area (Å²) in [6.45, 7) is 9.49. The van der Waals surface area contributed by atoms with Crippen molar-refractivity contribution in [1.82, 2.24) is 20.0 Å². The van der Waals surface area contributed by atoms with E-state index in [4.69, 9.17) is 0 Å². The highest BCUT2D eigenvalue weighted by Crippen LogP contribution is 2.47. The molecule has 0 bridgehead atoms. The van der Waals surface area contributed by atoms with Gasteiger partial charge >= 0.3 is 0 Å². The van der Waals surface area contributed by atoms with E-state index < -0.39 is 6.04 Å². The average Bonchev–Trinajstić information content (AvgIpc) is 3.78. The number of hydrogen-bond donors (Lipinski definition) is 2. The molecule has 5 aliphatic heterocycles. The lowest BCUT2D eigenvalue weighted by molar-refractivity contribution is -0.137.